The molecule has 1 fully saturated rings. The van der Waals surface area contributed by atoms with E-state index in [0.717, 1.165) is 40.7 Å². The van der Waals surface area contributed by atoms with Crippen LogP contribution in [-0.2, 0) is 10.0 Å². The van der Waals surface area contributed by atoms with Gasteiger partial charge in [-0.1, -0.05) is 18.2 Å². The summed E-state index contributed by atoms with van der Waals surface area (Å²) in [5.74, 6) is 0. The SMILES string of the molecule is NC1CCCCN1c1cc(N(Cl)S(=O)(=O)c2ccccc2)cc2ccoc12. The maximum absolute atomic E-state index is 12.9. The number of anilines is 2. The van der Waals surface area contributed by atoms with E-state index in [4.69, 9.17) is 21.9 Å². The summed E-state index contributed by atoms with van der Waals surface area (Å²) in [5.41, 5.74) is 8.08. The Morgan fingerprint density at radius 1 is 1.15 bits per heavy atom. The van der Waals surface area contributed by atoms with Crippen molar-refractivity contribution in [1.82, 2.24) is 0 Å². The summed E-state index contributed by atoms with van der Waals surface area (Å²) in [4.78, 5) is 2.18. The molecule has 4 rings (SSSR count). The second-order valence-corrected chi connectivity index (χ2v) is 8.92. The van der Waals surface area contributed by atoms with Crippen LogP contribution < -0.4 is 14.5 Å². The number of hydrogen-bond donors (Lipinski definition) is 1. The van der Waals surface area contributed by atoms with Gasteiger partial charge in [-0.25, -0.2) is 0 Å². The molecule has 142 valence electrons. The standard InChI is InChI=1S/C19H20ClN3O3S/c20-23(27(24,25)16-6-2-1-3-7-16)15-12-14-9-11-26-19(14)17(13-15)22-10-5-4-8-18(22)21/h1-3,6-7,9,11-13,18H,4-5,8,10,21H2. The predicted molar refractivity (Wildman–Crippen MR) is 107 cm³/mol. The van der Waals surface area contributed by atoms with Crippen molar-refractivity contribution < 1.29 is 12.8 Å². The van der Waals surface area contributed by atoms with Gasteiger partial charge in [0.15, 0.2) is 5.58 Å². The predicted octanol–water partition coefficient (Wildman–Crippen LogP) is 4.06. The van der Waals surface area contributed by atoms with E-state index in [-0.39, 0.29) is 11.1 Å². The Balaban J connectivity index is 1.81. The van der Waals surface area contributed by atoms with Crippen LogP contribution in [0.3, 0.4) is 0 Å². The van der Waals surface area contributed by atoms with Crippen LogP contribution in [-0.4, -0.2) is 21.1 Å². The van der Waals surface area contributed by atoms with Crippen molar-refractivity contribution in [3.63, 3.8) is 0 Å². The molecule has 1 aliphatic rings. The van der Waals surface area contributed by atoms with E-state index in [1.165, 1.54) is 12.1 Å². The minimum absolute atomic E-state index is 0.128. The van der Waals surface area contributed by atoms with Gasteiger partial charge in [-0.3, -0.25) is 0 Å². The van der Waals surface area contributed by atoms with Crippen molar-refractivity contribution in [3.8, 4) is 0 Å². The zero-order valence-corrected chi connectivity index (χ0v) is 16.2. The third-order valence-electron chi connectivity index (χ3n) is 4.83. The molecule has 1 unspecified atom stereocenters. The van der Waals surface area contributed by atoms with Crippen LogP contribution in [0, 0.1) is 0 Å². The van der Waals surface area contributed by atoms with Gasteiger partial charge in [-0.2, -0.15) is 12.2 Å². The van der Waals surface area contributed by atoms with Crippen molar-refractivity contribution in [3.05, 3.63) is 54.8 Å². The molecule has 3 aromatic rings. The highest BCUT2D eigenvalue weighted by Gasteiger charge is 2.27. The van der Waals surface area contributed by atoms with E-state index < -0.39 is 10.0 Å². The Labute approximate surface area is 163 Å². The fourth-order valence-corrected chi connectivity index (χ4v) is 4.85. The molecule has 27 heavy (non-hydrogen) atoms. The van der Waals surface area contributed by atoms with Gasteiger partial charge >= 0.3 is 0 Å². The molecule has 0 radical (unpaired) electrons. The van der Waals surface area contributed by atoms with Crippen molar-refractivity contribution in [1.29, 1.82) is 0 Å². The van der Waals surface area contributed by atoms with Crippen LogP contribution in [0.15, 0.2) is 64.1 Å². The molecule has 2 heterocycles. The van der Waals surface area contributed by atoms with Gasteiger partial charge in [0.25, 0.3) is 10.0 Å². The highest BCUT2D eigenvalue weighted by atomic mass is 35.5. The van der Waals surface area contributed by atoms with Crippen molar-refractivity contribution >= 4 is 44.1 Å². The Morgan fingerprint density at radius 3 is 2.67 bits per heavy atom. The third kappa shape index (κ3) is 3.26. The smallest absolute Gasteiger partial charge is 0.278 e. The Morgan fingerprint density at radius 2 is 1.93 bits per heavy atom. The van der Waals surface area contributed by atoms with E-state index in [1.807, 2.05) is 0 Å². The summed E-state index contributed by atoms with van der Waals surface area (Å²) in [7, 11) is -3.89. The minimum atomic E-state index is -3.89. The monoisotopic (exact) mass is 405 g/mol. The van der Waals surface area contributed by atoms with E-state index in [2.05, 4.69) is 4.90 Å². The number of fused-ring (bicyclic) bond motifs is 1. The highest BCUT2D eigenvalue weighted by molar-refractivity contribution is 7.94. The van der Waals surface area contributed by atoms with Crippen LogP contribution in [0.5, 0.6) is 0 Å². The molecule has 1 aliphatic heterocycles. The molecule has 0 amide bonds. The number of benzene rings is 2. The molecule has 8 heteroatoms. The number of sulfonamides is 1. The number of furan rings is 1. The molecule has 2 aromatic carbocycles. The van der Waals surface area contributed by atoms with Gasteiger partial charge in [-0.15, -0.1) is 0 Å². The van der Waals surface area contributed by atoms with Gasteiger partial charge in [0, 0.05) is 23.7 Å². The van der Waals surface area contributed by atoms with E-state index in [1.54, 1.807) is 42.7 Å². The van der Waals surface area contributed by atoms with Crippen molar-refractivity contribution in [2.24, 2.45) is 5.73 Å². The molecule has 1 saturated heterocycles. The lowest BCUT2D eigenvalue weighted by Crippen LogP contribution is -2.45. The molecular weight excluding hydrogens is 386 g/mol. The summed E-state index contributed by atoms with van der Waals surface area (Å²) >= 11 is 6.31. The zero-order valence-electron chi connectivity index (χ0n) is 14.6. The summed E-state index contributed by atoms with van der Waals surface area (Å²) in [6.45, 7) is 0.786. The number of nitrogens with zero attached hydrogens (tertiary/aromatic N) is 2. The molecule has 0 saturated carbocycles. The molecule has 2 N–H and O–H groups in total. The first-order valence-electron chi connectivity index (χ1n) is 8.78. The third-order valence-corrected chi connectivity index (χ3v) is 7.07. The number of halogens is 1. The van der Waals surface area contributed by atoms with Crippen molar-refractivity contribution in [2.45, 2.75) is 30.3 Å². The van der Waals surface area contributed by atoms with Crippen molar-refractivity contribution in [2.75, 3.05) is 15.3 Å². The average Bonchev–Trinajstić information content (AvgIpc) is 3.16. The zero-order chi connectivity index (χ0) is 19.0. The highest BCUT2D eigenvalue weighted by Crippen LogP contribution is 2.37. The molecule has 6 nitrogen and oxygen atoms in total. The van der Waals surface area contributed by atoms with Crippen LogP contribution in [0.2, 0.25) is 0 Å². The maximum atomic E-state index is 12.9. The second kappa shape index (κ2) is 7.07. The largest absolute Gasteiger partial charge is 0.462 e. The fourth-order valence-electron chi connectivity index (χ4n) is 3.44. The van der Waals surface area contributed by atoms with Crippen LogP contribution >= 0.6 is 11.8 Å². The first kappa shape index (κ1) is 18.2. The second-order valence-electron chi connectivity index (χ2n) is 6.59. The average molecular weight is 406 g/mol. The summed E-state index contributed by atoms with van der Waals surface area (Å²) in [6.07, 6.45) is 4.41. The molecule has 0 spiro atoms. The topological polar surface area (TPSA) is 79.8 Å². The lowest BCUT2D eigenvalue weighted by atomic mass is 10.1. The lowest BCUT2D eigenvalue weighted by molar-refractivity contribution is 0.468. The fraction of sp³-hybridized carbons (Fsp3) is 0.263. The Bertz CT molecular complexity index is 1050. The minimum Gasteiger partial charge on any atom is -0.462 e. The van der Waals surface area contributed by atoms with Crippen LogP contribution in [0.1, 0.15) is 19.3 Å². The number of hydrogen-bond acceptors (Lipinski definition) is 5. The van der Waals surface area contributed by atoms with Gasteiger partial charge in [0.2, 0.25) is 0 Å². The Kier molecular flexibility index (Phi) is 4.75. The Hall–Kier alpha value is -2.22. The van der Waals surface area contributed by atoms with Crippen LogP contribution in [0.4, 0.5) is 11.4 Å². The molecule has 1 atom stereocenters. The maximum Gasteiger partial charge on any atom is 0.278 e. The van der Waals surface area contributed by atoms with E-state index in [9.17, 15) is 8.42 Å². The number of nitrogens with two attached hydrogens (primary N) is 1. The number of rotatable bonds is 4. The van der Waals surface area contributed by atoms with Gasteiger partial charge in [0.1, 0.15) is 0 Å². The summed E-state index contributed by atoms with van der Waals surface area (Å²) < 4.78 is 32.2. The van der Waals surface area contributed by atoms with E-state index >= 15 is 0 Å². The molecule has 0 aliphatic carbocycles. The van der Waals surface area contributed by atoms with Crippen LogP contribution in [0.25, 0.3) is 11.0 Å². The lowest BCUT2D eigenvalue weighted by Gasteiger charge is -2.35. The molecule has 1 aromatic heterocycles. The normalized spacial score (nSPS) is 18.0. The van der Waals surface area contributed by atoms with E-state index in [0.29, 0.717) is 11.3 Å². The molecular formula is C19H20ClN3O3S. The summed E-state index contributed by atoms with van der Waals surface area (Å²) in [6, 6.07) is 13.3. The first-order chi connectivity index (χ1) is 13.0. The van der Waals surface area contributed by atoms with Gasteiger partial charge in [0.05, 0.1) is 28.7 Å². The number of piperidine rings is 1. The quantitative estimate of drug-likeness (QED) is 0.662. The van der Waals surface area contributed by atoms with Gasteiger partial charge in [-0.05, 0) is 49.6 Å². The first-order valence-corrected chi connectivity index (χ1v) is 10.6. The van der Waals surface area contributed by atoms with Gasteiger partial charge < -0.3 is 15.1 Å². The molecule has 0 bridgehead atoms. The summed E-state index contributed by atoms with van der Waals surface area (Å²) in [5, 5.41) is 0.772.